The maximum Gasteiger partial charge on any atom is 0.0291 e. The molecular weight excluding hydrogens is 290 g/mol. The van der Waals surface area contributed by atoms with Crippen molar-refractivity contribution in [2.75, 3.05) is 0 Å². The van der Waals surface area contributed by atoms with Gasteiger partial charge in [-0.25, -0.2) is 0 Å². The number of nitrogens with zero attached hydrogens (tertiary/aromatic N) is 1. The lowest BCUT2D eigenvalue weighted by Gasteiger charge is -2.34. The summed E-state index contributed by atoms with van der Waals surface area (Å²) in [4.78, 5) is 2.71. The Morgan fingerprint density at radius 2 is 1.71 bits per heavy atom. The van der Waals surface area contributed by atoms with E-state index in [-0.39, 0.29) is 0 Å². The monoisotopic (exact) mass is 317 g/mol. The Hall–Kier alpha value is -1.86. The van der Waals surface area contributed by atoms with Crippen LogP contribution in [0, 0.1) is 0 Å². The number of fused-ring (bicyclic) bond motifs is 2. The smallest absolute Gasteiger partial charge is 0.0291 e. The zero-order valence-corrected chi connectivity index (χ0v) is 14.8. The summed E-state index contributed by atoms with van der Waals surface area (Å²) >= 11 is 0. The lowest BCUT2D eigenvalue weighted by molar-refractivity contribution is 0.203. The van der Waals surface area contributed by atoms with E-state index in [0.717, 1.165) is 6.54 Å². The Morgan fingerprint density at radius 1 is 0.958 bits per heavy atom. The van der Waals surface area contributed by atoms with Crippen molar-refractivity contribution in [3.8, 4) is 0 Å². The second kappa shape index (κ2) is 6.57. The van der Waals surface area contributed by atoms with Gasteiger partial charge in [-0.3, -0.25) is 4.90 Å². The Balaban J connectivity index is 1.53. The topological polar surface area (TPSA) is 3.24 Å². The third-order valence-electron chi connectivity index (χ3n) is 5.70. The average Bonchev–Trinajstić information content (AvgIpc) is 2.84. The minimum absolute atomic E-state index is 0.608. The van der Waals surface area contributed by atoms with Crippen LogP contribution in [-0.2, 0) is 6.54 Å². The fourth-order valence-electron chi connectivity index (χ4n) is 4.25. The Kier molecular flexibility index (Phi) is 4.28. The molecule has 2 aliphatic rings. The van der Waals surface area contributed by atoms with Crippen LogP contribution in [0.15, 0.2) is 60.7 Å². The zero-order valence-electron chi connectivity index (χ0n) is 14.8. The molecule has 124 valence electrons. The van der Waals surface area contributed by atoms with Gasteiger partial charge in [-0.05, 0) is 47.4 Å². The van der Waals surface area contributed by atoms with Crippen LogP contribution in [0.4, 0.5) is 0 Å². The number of hydrogen-bond acceptors (Lipinski definition) is 1. The van der Waals surface area contributed by atoms with Crippen molar-refractivity contribution < 1.29 is 0 Å². The fraction of sp³-hybridized carbons (Fsp3) is 0.391. The van der Waals surface area contributed by atoms with Gasteiger partial charge in [0, 0.05) is 18.6 Å². The van der Waals surface area contributed by atoms with Gasteiger partial charge in [0.1, 0.15) is 0 Å². The molecule has 0 N–H and O–H groups in total. The number of rotatable bonds is 4. The molecule has 0 amide bonds. The van der Waals surface area contributed by atoms with Gasteiger partial charge in [-0.1, -0.05) is 74.5 Å². The highest BCUT2D eigenvalue weighted by Crippen LogP contribution is 2.39. The Labute approximate surface area is 146 Å². The van der Waals surface area contributed by atoms with Crippen molar-refractivity contribution in [1.82, 2.24) is 4.90 Å². The highest BCUT2D eigenvalue weighted by molar-refractivity contribution is 5.68. The lowest BCUT2D eigenvalue weighted by Crippen LogP contribution is -2.37. The summed E-state index contributed by atoms with van der Waals surface area (Å²) in [5.41, 5.74) is 5.86. The van der Waals surface area contributed by atoms with E-state index in [1.165, 1.54) is 36.0 Å². The lowest BCUT2D eigenvalue weighted by atomic mass is 9.92. The first-order chi connectivity index (χ1) is 11.7. The maximum atomic E-state index is 2.71. The molecule has 2 bridgehead atoms. The van der Waals surface area contributed by atoms with Crippen molar-refractivity contribution >= 4 is 5.57 Å². The van der Waals surface area contributed by atoms with E-state index in [9.17, 15) is 0 Å². The first-order valence-corrected chi connectivity index (χ1v) is 9.31. The molecule has 1 heteroatoms. The number of hydrogen-bond donors (Lipinski definition) is 0. The van der Waals surface area contributed by atoms with Gasteiger partial charge in [-0.2, -0.15) is 0 Å². The van der Waals surface area contributed by atoms with Crippen molar-refractivity contribution in [1.29, 1.82) is 0 Å². The molecule has 4 rings (SSSR count). The van der Waals surface area contributed by atoms with E-state index < -0.39 is 0 Å². The van der Waals surface area contributed by atoms with Crippen molar-refractivity contribution in [3.05, 3.63) is 77.4 Å². The van der Waals surface area contributed by atoms with Gasteiger partial charge in [0.25, 0.3) is 0 Å². The van der Waals surface area contributed by atoms with Crippen LogP contribution in [0.2, 0.25) is 0 Å². The fourth-order valence-corrected chi connectivity index (χ4v) is 4.25. The van der Waals surface area contributed by atoms with Gasteiger partial charge >= 0.3 is 0 Å². The van der Waals surface area contributed by atoms with Crippen LogP contribution >= 0.6 is 0 Å². The van der Waals surface area contributed by atoms with Crippen molar-refractivity contribution in [2.24, 2.45) is 0 Å². The van der Waals surface area contributed by atoms with Gasteiger partial charge in [0.05, 0.1) is 0 Å². The zero-order chi connectivity index (χ0) is 16.5. The quantitative estimate of drug-likeness (QED) is 0.706. The molecule has 2 aromatic rings. The summed E-state index contributed by atoms with van der Waals surface area (Å²) in [6.07, 6.45) is 6.38. The summed E-state index contributed by atoms with van der Waals surface area (Å²) < 4.78 is 0. The van der Waals surface area contributed by atoms with Crippen LogP contribution in [-0.4, -0.2) is 17.0 Å². The molecule has 1 nitrogen and oxygen atoms in total. The molecule has 0 aromatic heterocycles. The second-order valence-electron chi connectivity index (χ2n) is 7.63. The Bertz CT molecular complexity index is 711. The third kappa shape index (κ3) is 3.06. The second-order valence-corrected chi connectivity index (χ2v) is 7.63. The van der Waals surface area contributed by atoms with Crippen LogP contribution < -0.4 is 0 Å². The summed E-state index contributed by atoms with van der Waals surface area (Å²) in [5.74, 6) is 0.608. The molecule has 1 fully saturated rings. The third-order valence-corrected chi connectivity index (χ3v) is 5.70. The molecule has 0 saturated carbocycles. The average molecular weight is 317 g/mol. The molecule has 1 saturated heterocycles. The molecule has 0 radical (unpaired) electrons. The largest absolute Gasteiger partial charge is 0.289 e. The van der Waals surface area contributed by atoms with E-state index in [2.05, 4.69) is 79.4 Å². The van der Waals surface area contributed by atoms with E-state index in [0.29, 0.717) is 18.0 Å². The van der Waals surface area contributed by atoms with E-state index in [4.69, 9.17) is 0 Å². The van der Waals surface area contributed by atoms with Crippen molar-refractivity contribution in [3.63, 3.8) is 0 Å². The molecular formula is C23H27N. The first-order valence-electron chi connectivity index (χ1n) is 9.31. The molecule has 2 atom stereocenters. The van der Waals surface area contributed by atoms with Crippen LogP contribution in [0.3, 0.4) is 0 Å². The molecule has 24 heavy (non-hydrogen) atoms. The number of benzene rings is 2. The van der Waals surface area contributed by atoms with Gasteiger partial charge in [-0.15, -0.1) is 0 Å². The van der Waals surface area contributed by atoms with E-state index in [1.807, 2.05) is 0 Å². The summed E-state index contributed by atoms with van der Waals surface area (Å²) in [7, 11) is 0. The molecule has 2 aromatic carbocycles. The highest BCUT2D eigenvalue weighted by atomic mass is 15.2. The van der Waals surface area contributed by atoms with Crippen LogP contribution in [0.5, 0.6) is 0 Å². The standard InChI is InChI=1S/C23H27N/c1-17(2)19-8-10-20(11-9-19)21-14-22-12-13-23(15-21)24(22)16-18-6-4-3-5-7-18/h3-11,14,17,22-23H,12-13,15-16H2,1-2H3. The highest BCUT2D eigenvalue weighted by Gasteiger charge is 2.36. The molecule has 2 unspecified atom stereocenters. The van der Waals surface area contributed by atoms with Gasteiger partial charge < -0.3 is 0 Å². The Morgan fingerprint density at radius 3 is 2.38 bits per heavy atom. The summed E-state index contributed by atoms with van der Waals surface area (Å²) in [6, 6.07) is 21.5. The maximum absolute atomic E-state index is 2.71. The minimum Gasteiger partial charge on any atom is -0.289 e. The predicted molar refractivity (Wildman–Crippen MR) is 102 cm³/mol. The molecule has 0 aliphatic carbocycles. The predicted octanol–water partition coefficient (Wildman–Crippen LogP) is 5.63. The van der Waals surface area contributed by atoms with Gasteiger partial charge in [0.2, 0.25) is 0 Å². The normalized spacial score (nSPS) is 23.5. The SMILES string of the molecule is CC(C)c1ccc(C2=CC3CCC(C2)N3Cc2ccccc2)cc1. The molecule has 0 spiro atoms. The van der Waals surface area contributed by atoms with Crippen LogP contribution in [0.1, 0.15) is 55.7 Å². The van der Waals surface area contributed by atoms with Crippen LogP contribution in [0.25, 0.3) is 5.57 Å². The van der Waals surface area contributed by atoms with E-state index in [1.54, 1.807) is 5.57 Å². The minimum atomic E-state index is 0.608. The molecule has 2 aliphatic heterocycles. The van der Waals surface area contributed by atoms with E-state index >= 15 is 0 Å². The molecule has 2 heterocycles. The van der Waals surface area contributed by atoms with Gasteiger partial charge in [0.15, 0.2) is 0 Å². The summed E-state index contributed by atoms with van der Waals surface area (Å²) in [5, 5.41) is 0. The van der Waals surface area contributed by atoms with Crippen molar-refractivity contribution in [2.45, 2.75) is 57.7 Å². The summed E-state index contributed by atoms with van der Waals surface area (Å²) in [6.45, 7) is 5.61. The first kappa shape index (κ1) is 15.7.